The van der Waals surface area contributed by atoms with Crippen LogP contribution in [0.3, 0.4) is 0 Å². The first kappa shape index (κ1) is 15.4. The number of rotatable bonds is 5. The van der Waals surface area contributed by atoms with E-state index in [0.717, 1.165) is 0 Å². The molecule has 2 atom stereocenters. The SMILES string of the molecule is CNCc1ccc(F)c(S(=O)(=O)NC2CCOC2C)c1. The zero-order valence-corrected chi connectivity index (χ0v) is 12.3. The van der Waals surface area contributed by atoms with Crippen LogP contribution in [0.1, 0.15) is 18.9 Å². The van der Waals surface area contributed by atoms with Crippen molar-refractivity contribution < 1.29 is 17.5 Å². The van der Waals surface area contributed by atoms with E-state index in [4.69, 9.17) is 4.74 Å². The van der Waals surface area contributed by atoms with E-state index in [0.29, 0.717) is 25.1 Å². The van der Waals surface area contributed by atoms with Gasteiger partial charge in [0, 0.05) is 13.2 Å². The van der Waals surface area contributed by atoms with Gasteiger partial charge in [0.25, 0.3) is 0 Å². The summed E-state index contributed by atoms with van der Waals surface area (Å²) in [6.45, 7) is 2.79. The molecule has 0 bridgehead atoms. The van der Waals surface area contributed by atoms with Gasteiger partial charge in [0.1, 0.15) is 10.7 Å². The highest BCUT2D eigenvalue weighted by molar-refractivity contribution is 7.89. The minimum Gasteiger partial charge on any atom is -0.377 e. The predicted molar refractivity (Wildman–Crippen MR) is 73.3 cm³/mol. The van der Waals surface area contributed by atoms with Crippen LogP contribution in [0.15, 0.2) is 23.1 Å². The van der Waals surface area contributed by atoms with E-state index in [1.807, 2.05) is 0 Å². The first-order valence-electron chi connectivity index (χ1n) is 6.51. The third-order valence-electron chi connectivity index (χ3n) is 3.35. The van der Waals surface area contributed by atoms with Crippen LogP contribution in [0, 0.1) is 5.82 Å². The molecular formula is C13H19FN2O3S. The molecule has 1 aliphatic rings. The normalized spacial score (nSPS) is 23.1. The quantitative estimate of drug-likeness (QED) is 0.851. The molecule has 7 heteroatoms. The van der Waals surface area contributed by atoms with Crippen molar-refractivity contribution in [1.82, 2.24) is 10.0 Å². The summed E-state index contributed by atoms with van der Waals surface area (Å²) in [4.78, 5) is -0.315. The molecule has 0 saturated carbocycles. The van der Waals surface area contributed by atoms with Gasteiger partial charge in [-0.1, -0.05) is 6.07 Å². The van der Waals surface area contributed by atoms with Crippen LogP contribution in [0.2, 0.25) is 0 Å². The van der Waals surface area contributed by atoms with Crippen LogP contribution < -0.4 is 10.0 Å². The molecule has 1 aliphatic heterocycles. The van der Waals surface area contributed by atoms with Gasteiger partial charge in [0.15, 0.2) is 0 Å². The minimum atomic E-state index is -3.88. The first-order valence-corrected chi connectivity index (χ1v) is 7.99. The van der Waals surface area contributed by atoms with Gasteiger partial charge < -0.3 is 10.1 Å². The number of benzene rings is 1. The average Bonchev–Trinajstić information content (AvgIpc) is 2.77. The molecule has 1 aromatic carbocycles. The zero-order valence-electron chi connectivity index (χ0n) is 11.5. The molecule has 5 nitrogen and oxygen atoms in total. The Labute approximate surface area is 118 Å². The molecule has 0 aromatic heterocycles. The maximum Gasteiger partial charge on any atom is 0.243 e. The molecular weight excluding hydrogens is 283 g/mol. The fraction of sp³-hybridized carbons (Fsp3) is 0.538. The third kappa shape index (κ3) is 3.35. The van der Waals surface area contributed by atoms with Crippen LogP contribution in [0.5, 0.6) is 0 Å². The Morgan fingerprint density at radius 2 is 2.20 bits per heavy atom. The summed E-state index contributed by atoms with van der Waals surface area (Å²) >= 11 is 0. The second-order valence-electron chi connectivity index (χ2n) is 4.89. The van der Waals surface area contributed by atoms with Gasteiger partial charge in [-0.25, -0.2) is 17.5 Å². The van der Waals surface area contributed by atoms with E-state index in [-0.39, 0.29) is 17.0 Å². The topological polar surface area (TPSA) is 67.4 Å². The lowest BCUT2D eigenvalue weighted by Crippen LogP contribution is -2.39. The summed E-state index contributed by atoms with van der Waals surface area (Å²) in [7, 11) is -2.14. The standard InChI is InChI=1S/C13H19FN2O3S/c1-9-12(5-6-19-9)16-20(17,18)13-7-10(8-15-2)3-4-11(13)14/h3-4,7,9,12,15-16H,5-6,8H2,1-2H3. The van der Waals surface area contributed by atoms with Gasteiger partial charge in [0.2, 0.25) is 10.0 Å². The molecule has 1 heterocycles. The molecule has 20 heavy (non-hydrogen) atoms. The van der Waals surface area contributed by atoms with Crippen LogP contribution in [0.4, 0.5) is 4.39 Å². The van der Waals surface area contributed by atoms with E-state index in [9.17, 15) is 12.8 Å². The Morgan fingerprint density at radius 3 is 2.80 bits per heavy atom. The second kappa shape index (κ2) is 6.17. The Bertz CT molecular complexity index is 577. The molecule has 0 aliphatic carbocycles. The molecule has 0 spiro atoms. The fourth-order valence-corrected chi connectivity index (χ4v) is 3.68. The van der Waals surface area contributed by atoms with Gasteiger partial charge in [-0.2, -0.15) is 0 Å². The summed E-state index contributed by atoms with van der Waals surface area (Å²) in [5, 5.41) is 2.90. The molecule has 1 fully saturated rings. The largest absolute Gasteiger partial charge is 0.377 e. The average molecular weight is 302 g/mol. The van der Waals surface area contributed by atoms with E-state index in [1.54, 1.807) is 20.0 Å². The number of hydrogen-bond acceptors (Lipinski definition) is 4. The molecule has 1 aromatic rings. The van der Waals surface area contributed by atoms with Gasteiger partial charge in [-0.3, -0.25) is 0 Å². The van der Waals surface area contributed by atoms with Crippen LogP contribution in [-0.4, -0.2) is 34.2 Å². The van der Waals surface area contributed by atoms with Gasteiger partial charge in [-0.15, -0.1) is 0 Å². The minimum absolute atomic E-state index is 0.201. The monoisotopic (exact) mass is 302 g/mol. The van der Waals surface area contributed by atoms with E-state index >= 15 is 0 Å². The van der Waals surface area contributed by atoms with Crippen molar-refractivity contribution >= 4 is 10.0 Å². The highest BCUT2D eigenvalue weighted by atomic mass is 32.2. The van der Waals surface area contributed by atoms with Crippen molar-refractivity contribution in [3.8, 4) is 0 Å². The van der Waals surface area contributed by atoms with Crippen LogP contribution in [-0.2, 0) is 21.3 Å². The van der Waals surface area contributed by atoms with E-state index in [2.05, 4.69) is 10.0 Å². The zero-order chi connectivity index (χ0) is 14.8. The first-order chi connectivity index (χ1) is 9.44. The van der Waals surface area contributed by atoms with Crippen molar-refractivity contribution in [2.24, 2.45) is 0 Å². The Kier molecular flexibility index (Phi) is 4.74. The maximum absolute atomic E-state index is 13.8. The molecule has 2 N–H and O–H groups in total. The summed E-state index contributed by atoms with van der Waals surface area (Å²) in [5.41, 5.74) is 0.713. The molecule has 0 radical (unpaired) electrons. The lowest BCUT2D eigenvalue weighted by atomic mass is 10.2. The van der Waals surface area contributed by atoms with Crippen molar-refractivity contribution in [1.29, 1.82) is 0 Å². The number of hydrogen-bond donors (Lipinski definition) is 2. The van der Waals surface area contributed by atoms with Crippen molar-refractivity contribution in [3.05, 3.63) is 29.6 Å². The summed E-state index contributed by atoms with van der Waals surface area (Å²) < 4.78 is 46.2. The summed E-state index contributed by atoms with van der Waals surface area (Å²) in [6, 6.07) is 3.78. The Balaban J connectivity index is 2.26. The number of ether oxygens (including phenoxy) is 1. The van der Waals surface area contributed by atoms with Crippen molar-refractivity contribution in [2.45, 2.75) is 36.9 Å². The Hall–Kier alpha value is -1.02. The highest BCUT2D eigenvalue weighted by Crippen LogP contribution is 2.20. The lowest BCUT2D eigenvalue weighted by Gasteiger charge is -2.17. The lowest BCUT2D eigenvalue weighted by molar-refractivity contribution is 0.117. The summed E-state index contributed by atoms with van der Waals surface area (Å²) in [6.07, 6.45) is 0.395. The molecule has 1 saturated heterocycles. The molecule has 0 amide bonds. The van der Waals surface area contributed by atoms with Crippen LogP contribution >= 0.6 is 0 Å². The third-order valence-corrected chi connectivity index (χ3v) is 4.85. The van der Waals surface area contributed by atoms with Crippen molar-refractivity contribution in [3.63, 3.8) is 0 Å². The van der Waals surface area contributed by atoms with Crippen LogP contribution in [0.25, 0.3) is 0 Å². The fourth-order valence-electron chi connectivity index (χ4n) is 2.22. The molecule has 112 valence electrons. The maximum atomic E-state index is 13.8. The van der Waals surface area contributed by atoms with E-state index < -0.39 is 15.8 Å². The number of sulfonamides is 1. The van der Waals surface area contributed by atoms with Gasteiger partial charge in [0.05, 0.1) is 12.1 Å². The Morgan fingerprint density at radius 1 is 1.45 bits per heavy atom. The summed E-state index contributed by atoms with van der Waals surface area (Å²) in [5.74, 6) is -0.746. The number of halogens is 1. The van der Waals surface area contributed by atoms with Gasteiger partial charge >= 0.3 is 0 Å². The number of nitrogens with one attached hydrogen (secondary N) is 2. The smallest absolute Gasteiger partial charge is 0.243 e. The highest BCUT2D eigenvalue weighted by Gasteiger charge is 2.30. The molecule has 2 unspecified atom stereocenters. The van der Waals surface area contributed by atoms with Crippen molar-refractivity contribution in [2.75, 3.05) is 13.7 Å². The second-order valence-corrected chi connectivity index (χ2v) is 6.57. The molecule has 2 rings (SSSR count). The van der Waals surface area contributed by atoms with E-state index in [1.165, 1.54) is 12.1 Å². The predicted octanol–water partition coefficient (Wildman–Crippen LogP) is 1.00. The van der Waals surface area contributed by atoms with Gasteiger partial charge in [-0.05, 0) is 38.1 Å².